The zero-order chi connectivity index (χ0) is 20.0. The van der Waals surface area contributed by atoms with Crippen LogP contribution in [-0.2, 0) is 10.0 Å². The maximum atomic E-state index is 13.5. The molecule has 0 atom stereocenters. The smallest absolute Gasteiger partial charge is 0.249 e. The number of nitrogens with two attached hydrogens (primary N) is 1. The highest BCUT2D eigenvalue weighted by Gasteiger charge is 2.43. The van der Waals surface area contributed by atoms with Crippen molar-refractivity contribution in [2.45, 2.75) is 68.3 Å². The van der Waals surface area contributed by atoms with Gasteiger partial charge in [0.1, 0.15) is 11.3 Å². The normalized spacial score (nSPS) is 23.4. The summed E-state index contributed by atoms with van der Waals surface area (Å²) >= 11 is 0. The fourth-order valence-corrected chi connectivity index (χ4v) is 6.98. The summed E-state index contributed by atoms with van der Waals surface area (Å²) in [6, 6.07) is 0.522. The van der Waals surface area contributed by atoms with Gasteiger partial charge in [-0.1, -0.05) is 25.7 Å². The Kier molecular flexibility index (Phi) is 4.99. The van der Waals surface area contributed by atoms with E-state index in [1.54, 1.807) is 16.7 Å². The third-order valence-corrected chi connectivity index (χ3v) is 8.78. The number of nitrogens with zero attached hydrogens (tertiary/aromatic N) is 5. The number of likely N-dealkylation sites (tertiary alicyclic amines) is 1. The second kappa shape index (κ2) is 7.52. The zero-order valence-corrected chi connectivity index (χ0v) is 17.6. The molecule has 4 heterocycles. The first-order valence-electron chi connectivity index (χ1n) is 10.9. The highest BCUT2D eigenvalue weighted by atomic mass is 32.2. The predicted molar refractivity (Wildman–Crippen MR) is 112 cm³/mol. The van der Waals surface area contributed by atoms with Gasteiger partial charge in [-0.3, -0.25) is 4.90 Å². The lowest BCUT2D eigenvalue weighted by molar-refractivity contribution is 0.0717. The molecular weight excluding hydrogens is 388 g/mol. The Morgan fingerprint density at radius 2 is 1.55 bits per heavy atom. The SMILES string of the molecule is Nc1c(S(=O)(=O)N2CC(N3CCCCC3)C2)c2nccnc2n1C1CCCCC1. The Bertz CT molecular complexity index is 986. The average molecular weight is 419 g/mol. The molecule has 158 valence electrons. The molecule has 8 nitrogen and oxygen atoms in total. The van der Waals surface area contributed by atoms with Crippen molar-refractivity contribution in [1.82, 2.24) is 23.7 Å². The van der Waals surface area contributed by atoms with E-state index in [4.69, 9.17) is 5.73 Å². The van der Waals surface area contributed by atoms with E-state index in [1.807, 2.05) is 4.57 Å². The minimum atomic E-state index is -3.69. The molecule has 0 aromatic carbocycles. The van der Waals surface area contributed by atoms with Crippen LogP contribution in [0, 0.1) is 0 Å². The number of rotatable bonds is 4. The van der Waals surface area contributed by atoms with Crippen LogP contribution in [0.2, 0.25) is 0 Å². The third kappa shape index (κ3) is 3.23. The summed E-state index contributed by atoms with van der Waals surface area (Å²) in [7, 11) is -3.69. The molecule has 2 aromatic rings. The summed E-state index contributed by atoms with van der Waals surface area (Å²) < 4.78 is 30.5. The summed E-state index contributed by atoms with van der Waals surface area (Å²) in [5.41, 5.74) is 7.51. The molecule has 3 aliphatic rings. The van der Waals surface area contributed by atoms with Gasteiger partial charge in [0, 0.05) is 37.6 Å². The summed E-state index contributed by atoms with van der Waals surface area (Å²) in [6.07, 6.45) is 12.4. The maximum Gasteiger partial charge on any atom is 0.249 e. The summed E-state index contributed by atoms with van der Waals surface area (Å²) in [6.45, 7) is 3.23. The Hall–Kier alpha value is -1.71. The van der Waals surface area contributed by atoms with E-state index in [9.17, 15) is 8.42 Å². The van der Waals surface area contributed by atoms with Crippen molar-refractivity contribution < 1.29 is 8.42 Å². The minimum absolute atomic E-state index is 0.156. The summed E-state index contributed by atoms with van der Waals surface area (Å²) in [4.78, 5) is 11.5. The van der Waals surface area contributed by atoms with Crippen molar-refractivity contribution in [3.63, 3.8) is 0 Å². The molecule has 0 spiro atoms. The van der Waals surface area contributed by atoms with Crippen molar-refractivity contribution in [3.05, 3.63) is 12.4 Å². The number of fused-ring (bicyclic) bond motifs is 1. The quantitative estimate of drug-likeness (QED) is 0.819. The van der Waals surface area contributed by atoms with Gasteiger partial charge in [0.05, 0.1) is 0 Å². The Labute approximate surface area is 172 Å². The molecule has 29 heavy (non-hydrogen) atoms. The van der Waals surface area contributed by atoms with Gasteiger partial charge in [-0.15, -0.1) is 0 Å². The van der Waals surface area contributed by atoms with Gasteiger partial charge in [0.25, 0.3) is 0 Å². The first-order valence-corrected chi connectivity index (χ1v) is 12.4. The topological polar surface area (TPSA) is 97.3 Å². The molecule has 9 heteroatoms. The lowest BCUT2D eigenvalue weighted by Crippen LogP contribution is -2.61. The molecule has 1 aliphatic carbocycles. The van der Waals surface area contributed by atoms with Crippen LogP contribution in [0.3, 0.4) is 0 Å². The Morgan fingerprint density at radius 3 is 2.28 bits per heavy atom. The summed E-state index contributed by atoms with van der Waals surface area (Å²) in [5, 5.41) is 0. The van der Waals surface area contributed by atoms with E-state index in [0.29, 0.717) is 36.1 Å². The number of hydrogen-bond acceptors (Lipinski definition) is 6. The van der Waals surface area contributed by atoms with Crippen LogP contribution < -0.4 is 5.73 Å². The molecular formula is C20H30N6O2S. The van der Waals surface area contributed by atoms with Crippen LogP contribution in [-0.4, -0.2) is 64.4 Å². The molecule has 0 bridgehead atoms. The van der Waals surface area contributed by atoms with Gasteiger partial charge in [-0.2, -0.15) is 4.31 Å². The van der Waals surface area contributed by atoms with E-state index in [2.05, 4.69) is 14.9 Å². The van der Waals surface area contributed by atoms with Gasteiger partial charge in [0.15, 0.2) is 10.5 Å². The second-order valence-corrected chi connectivity index (χ2v) is 10.6. The maximum absolute atomic E-state index is 13.5. The number of aromatic nitrogens is 3. The molecule has 0 radical (unpaired) electrons. The van der Waals surface area contributed by atoms with Crippen LogP contribution in [0.5, 0.6) is 0 Å². The van der Waals surface area contributed by atoms with Gasteiger partial charge in [-0.05, 0) is 38.8 Å². The highest BCUT2D eigenvalue weighted by molar-refractivity contribution is 7.89. The lowest BCUT2D eigenvalue weighted by atomic mass is 9.95. The Balaban J connectivity index is 1.47. The molecule has 2 aliphatic heterocycles. The Morgan fingerprint density at radius 1 is 0.897 bits per heavy atom. The molecule has 2 saturated heterocycles. The van der Waals surface area contributed by atoms with Gasteiger partial charge in [-0.25, -0.2) is 18.4 Å². The van der Waals surface area contributed by atoms with E-state index in [1.165, 1.54) is 25.7 Å². The van der Waals surface area contributed by atoms with Crippen molar-refractivity contribution in [2.24, 2.45) is 0 Å². The van der Waals surface area contributed by atoms with Gasteiger partial charge < -0.3 is 10.3 Å². The minimum Gasteiger partial charge on any atom is -0.384 e. The number of nitrogen functional groups attached to an aromatic ring is 1. The molecule has 0 amide bonds. The van der Waals surface area contributed by atoms with Crippen LogP contribution >= 0.6 is 0 Å². The van der Waals surface area contributed by atoms with E-state index >= 15 is 0 Å². The average Bonchev–Trinajstić information content (AvgIpc) is 3.00. The number of hydrogen-bond donors (Lipinski definition) is 1. The van der Waals surface area contributed by atoms with Crippen LogP contribution in [0.1, 0.15) is 57.4 Å². The zero-order valence-electron chi connectivity index (χ0n) is 16.8. The van der Waals surface area contributed by atoms with Gasteiger partial charge >= 0.3 is 0 Å². The standard InChI is InChI=1S/C20H30N6O2S/c21-19-18(29(27,28)25-13-16(14-25)24-11-5-2-6-12-24)17-20(23-10-9-22-17)26(19)15-7-3-1-4-8-15/h9-10,15-16H,1-8,11-14,21H2. The molecule has 1 saturated carbocycles. The fourth-order valence-electron chi connectivity index (χ4n) is 5.23. The van der Waals surface area contributed by atoms with Crippen LogP contribution in [0.25, 0.3) is 11.2 Å². The third-order valence-electron chi connectivity index (χ3n) is 6.89. The lowest BCUT2D eigenvalue weighted by Gasteiger charge is -2.45. The molecule has 3 fully saturated rings. The van der Waals surface area contributed by atoms with Crippen molar-refractivity contribution in [2.75, 3.05) is 31.9 Å². The second-order valence-electron chi connectivity index (χ2n) is 8.68. The predicted octanol–water partition coefficient (Wildman–Crippen LogP) is 2.38. The number of piperidine rings is 1. The first-order chi connectivity index (χ1) is 14.1. The molecule has 0 unspecified atom stereocenters. The van der Waals surface area contributed by atoms with E-state index < -0.39 is 10.0 Å². The van der Waals surface area contributed by atoms with Crippen molar-refractivity contribution in [3.8, 4) is 0 Å². The van der Waals surface area contributed by atoms with E-state index in [-0.39, 0.29) is 10.9 Å². The van der Waals surface area contributed by atoms with Crippen molar-refractivity contribution in [1.29, 1.82) is 0 Å². The van der Waals surface area contributed by atoms with Crippen LogP contribution in [0.4, 0.5) is 5.82 Å². The first kappa shape index (κ1) is 19.3. The number of anilines is 1. The largest absolute Gasteiger partial charge is 0.384 e. The van der Waals surface area contributed by atoms with Crippen LogP contribution in [0.15, 0.2) is 17.3 Å². The molecule has 2 N–H and O–H groups in total. The monoisotopic (exact) mass is 418 g/mol. The summed E-state index contributed by atoms with van der Waals surface area (Å²) in [5.74, 6) is 0.305. The fraction of sp³-hybridized carbons (Fsp3) is 0.700. The van der Waals surface area contributed by atoms with E-state index in [0.717, 1.165) is 38.8 Å². The van der Waals surface area contributed by atoms with Gasteiger partial charge in [0.2, 0.25) is 10.0 Å². The number of sulfonamides is 1. The molecule has 2 aromatic heterocycles. The van der Waals surface area contributed by atoms with Crippen molar-refractivity contribution >= 4 is 27.0 Å². The highest BCUT2D eigenvalue weighted by Crippen LogP contribution is 2.40. The molecule has 5 rings (SSSR count).